The Kier molecular flexibility index (Phi) is 2.88. The van der Waals surface area contributed by atoms with Gasteiger partial charge < -0.3 is 10.2 Å². The average Bonchev–Trinajstić information content (AvgIpc) is 2.81. The van der Waals surface area contributed by atoms with Crippen LogP contribution in [0.1, 0.15) is 28.5 Å². The number of hydrogen-bond acceptors (Lipinski definition) is 2. The van der Waals surface area contributed by atoms with E-state index < -0.39 is 0 Å². The number of rotatable bonds is 2. The zero-order valence-electron chi connectivity index (χ0n) is 11.2. The SMILES string of the molecule is Cc1ccc2oc(C(N)c3ccccc3C)cc2c1. The summed E-state index contributed by atoms with van der Waals surface area (Å²) in [6.07, 6.45) is 0. The van der Waals surface area contributed by atoms with Gasteiger partial charge in [0.1, 0.15) is 11.3 Å². The van der Waals surface area contributed by atoms with Gasteiger partial charge in [0.05, 0.1) is 6.04 Å². The lowest BCUT2D eigenvalue weighted by Crippen LogP contribution is -2.12. The Morgan fingerprint density at radius 1 is 1.00 bits per heavy atom. The first kappa shape index (κ1) is 12.0. The van der Waals surface area contributed by atoms with Gasteiger partial charge in [-0.25, -0.2) is 0 Å². The molecule has 0 radical (unpaired) electrons. The van der Waals surface area contributed by atoms with E-state index in [1.54, 1.807) is 0 Å². The van der Waals surface area contributed by atoms with E-state index in [4.69, 9.17) is 10.2 Å². The number of nitrogens with two attached hydrogens (primary N) is 1. The summed E-state index contributed by atoms with van der Waals surface area (Å²) in [6, 6.07) is 16.2. The van der Waals surface area contributed by atoms with Crippen LogP contribution in [-0.4, -0.2) is 0 Å². The molecule has 2 nitrogen and oxygen atoms in total. The predicted octanol–water partition coefficient (Wildman–Crippen LogP) is 4.10. The Balaban J connectivity index is 2.07. The van der Waals surface area contributed by atoms with Crippen LogP contribution in [0.5, 0.6) is 0 Å². The molecule has 0 amide bonds. The molecule has 0 spiro atoms. The molecule has 2 aromatic carbocycles. The monoisotopic (exact) mass is 251 g/mol. The minimum Gasteiger partial charge on any atom is -0.459 e. The van der Waals surface area contributed by atoms with Gasteiger partial charge in [-0.1, -0.05) is 35.9 Å². The second-order valence-electron chi connectivity index (χ2n) is 5.02. The molecule has 1 heterocycles. The first-order valence-corrected chi connectivity index (χ1v) is 6.46. The van der Waals surface area contributed by atoms with Crippen LogP contribution in [0, 0.1) is 13.8 Å². The summed E-state index contributed by atoms with van der Waals surface area (Å²) in [7, 11) is 0. The maximum atomic E-state index is 6.33. The van der Waals surface area contributed by atoms with Gasteiger partial charge in [0.2, 0.25) is 0 Å². The van der Waals surface area contributed by atoms with E-state index in [1.165, 1.54) is 11.1 Å². The maximum absolute atomic E-state index is 6.33. The van der Waals surface area contributed by atoms with Gasteiger partial charge in [-0.05, 0) is 43.2 Å². The topological polar surface area (TPSA) is 39.2 Å². The number of furan rings is 1. The van der Waals surface area contributed by atoms with Crippen LogP contribution < -0.4 is 5.73 Å². The van der Waals surface area contributed by atoms with Crippen molar-refractivity contribution in [2.24, 2.45) is 5.73 Å². The van der Waals surface area contributed by atoms with Crippen LogP contribution >= 0.6 is 0 Å². The molecule has 0 fully saturated rings. The summed E-state index contributed by atoms with van der Waals surface area (Å²) in [5.41, 5.74) is 10.7. The summed E-state index contributed by atoms with van der Waals surface area (Å²) in [4.78, 5) is 0. The van der Waals surface area contributed by atoms with E-state index >= 15 is 0 Å². The molecule has 3 aromatic rings. The third-order valence-corrected chi connectivity index (χ3v) is 3.52. The molecule has 1 unspecified atom stereocenters. The third-order valence-electron chi connectivity index (χ3n) is 3.52. The van der Waals surface area contributed by atoms with E-state index in [1.807, 2.05) is 24.3 Å². The highest BCUT2D eigenvalue weighted by molar-refractivity contribution is 5.79. The standard InChI is InChI=1S/C17H17NO/c1-11-7-8-15-13(9-11)10-16(19-15)17(18)14-6-4-3-5-12(14)2/h3-10,17H,18H2,1-2H3. The minimum atomic E-state index is -0.214. The number of aryl methyl sites for hydroxylation is 2. The Morgan fingerprint density at radius 3 is 2.58 bits per heavy atom. The van der Waals surface area contributed by atoms with E-state index in [0.717, 1.165) is 22.3 Å². The summed E-state index contributed by atoms with van der Waals surface area (Å²) in [5, 5.41) is 1.11. The summed E-state index contributed by atoms with van der Waals surface area (Å²) in [5.74, 6) is 0.815. The molecule has 0 bridgehead atoms. The molecule has 0 saturated carbocycles. The second kappa shape index (κ2) is 4.56. The van der Waals surface area contributed by atoms with E-state index in [2.05, 4.69) is 38.1 Å². The molecule has 19 heavy (non-hydrogen) atoms. The average molecular weight is 251 g/mol. The van der Waals surface area contributed by atoms with Crippen molar-refractivity contribution in [3.05, 3.63) is 71.0 Å². The zero-order valence-corrected chi connectivity index (χ0v) is 11.2. The Bertz CT molecular complexity index is 727. The van der Waals surface area contributed by atoms with Crippen molar-refractivity contribution in [1.82, 2.24) is 0 Å². The zero-order chi connectivity index (χ0) is 13.4. The highest BCUT2D eigenvalue weighted by Gasteiger charge is 2.15. The number of fused-ring (bicyclic) bond motifs is 1. The second-order valence-corrected chi connectivity index (χ2v) is 5.02. The largest absolute Gasteiger partial charge is 0.459 e. The lowest BCUT2D eigenvalue weighted by molar-refractivity contribution is 0.524. The molecule has 0 saturated heterocycles. The maximum Gasteiger partial charge on any atom is 0.134 e. The third kappa shape index (κ3) is 2.15. The van der Waals surface area contributed by atoms with Crippen LogP contribution in [0.3, 0.4) is 0 Å². The van der Waals surface area contributed by atoms with Crippen molar-refractivity contribution >= 4 is 11.0 Å². The first-order chi connectivity index (χ1) is 9.15. The fourth-order valence-corrected chi connectivity index (χ4v) is 2.43. The normalized spacial score (nSPS) is 12.8. The molecule has 0 aliphatic rings. The Hall–Kier alpha value is -2.06. The summed E-state index contributed by atoms with van der Waals surface area (Å²) < 4.78 is 5.87. The van der Waals surface area contributed by atoms with Gasteiger partial charge in [0, 0.05) is 5.39 Å². The highest BCUT2D eigenvalue weighted by atomic mass is 16.3. The molecular weight excluding hydrogens is 234 g/mol. The molecule has 0 aliphatic carbocycles. The van der Waals surface area contributed by atoms with Gasteiger partial charge in [0.25, 0.3) is 0 Å². The van der Waals surface area contributed by atoms with Crippen molar-refractivity contribution in [1.29, 1.82) is 0 Å². The van der Waals surface area contributed by atoms with Gasteiger partial charge in [-0.2, -0.15) is 0 Å². The van der Waals surface area contributed by atoms with Gasteiger partial charge in [-0.15, -0.1) is 0 Å². The molecule has 0 aliphatic heterocycles. The molecule has 1 atom stereocenters. The molecule has 2 N–H and O–H groups in total. The molecule has 3 rings (SSSR count). The summed E-state index contributed by atoms with van der Waals surface area (Å²) >= 11 is 0. The van der Waals surface area contributed by atoms with E-state index in [9.17, 15) is 0 Å². The van der Waals surface area contributed by atoms with Gasteiger partial charge >= 0.3 is 0 Å². The Labute approximate surface area is 112 Å². The van der Waals surface area contributed by atoms with Gasteiger partial charge in [-0.3, -0.25) is 0 Å². The van der Waals surface area contributed by atoms with Crippen molar-refractivity contribution < 1.29 is 4.42 Å². The van der Waals surface area contributed by atoms with Crippen molar-refractivity contribution in [2.45, 2.75) is 19.9 Å². The van der Waals surface area contributed by atoms with Gasteiger partial charge in [0.15, 0.2) is 0 Å². The quantitative estimate of drug-likeness (QED) is 0.744. The lowest BCUT2D eigenvalue weighted by Gasteiger charge is -2.11. The van der Waals surface area contributed by atoms with Crippen LogP contribution in [0.25, 0.3) is 11.0 Å². The van der Waals surface area contributed by atoms with Crippen molar-refractivity contribution in [2.75, 3.05) is 0 Å². The van der Waals surface area contributed by atoms with Crippen LogP contribution in [0.2, 0.25) is 0 Å². The number of hydrogen-bond donors (Lipinski definition) is 1. The minimum absolute atomic E-state index is 0.214. The molecular formula is C17H17NO. The fourth-order valence-electron chi connectivity index (χ4n) is 2.43. The predicted molar refractivity (Wildman–Crippen MR) is 78.2 cm³/mol. The van der Waals surface area contributed by atoms with Crippen LogP contribution in [0.15, 0.2) is 52.9 Å². The Morgan fingerprint density at radius 2 is 1.79 bits per heavy atom. The molecule has 96 valence electrons. The lowest BCUT2D eigenvalue weighted by atomic mass is 10.00. The van der Waals surface area contributed by atoms with Crippen LogP contribution in [-0.2, 0) is 0 Å². The van der Waals surface area contributed by atoms with E-state index in [-0.39, 0.29) is 6.04 Å². The van der Waals surface area contributed by atoms with Crippen molar-refractivity contribution in [3.63, 3.8) is 0 Å². The van der Waals surface area contributed by atoms with Crippen molar-refractivity contribution in [3.8, 4) is 0 Å². The van der Waals surface area contributed by atoms with E-state index in [0.29, 0.717) is 0 Å². The molecule has 1 aromatic heterocycles. The summed E-state index contributed by atoms with van der Waals surface area (Å²) in [6.45, 7) is 4.15. The molecule has 2 heteroatoms. The smallest absolute Gasteiger partial charge is 0.134 e. The highest BCUT2D eigenvalue weighted by Crippen LogP contribution is 2.28. The fraction of sp³-hybridized carbons (Fsp3) is 0.176. The first-order valence-electron chi connectivity index (χ1n) is 6.46. The number of benzene rings is 2. The van der Waals surface area contributed by atoms with Crippen LogP contribution in [0.4, 0.5) is 0 Å².